The third kappa shape index (κ3) is 5.66. The summed E-state index contributed by atoms with van der Waals surface area (Å²) in [5, 5.41) is 11.4. The van der Waals surface area contributed by atoms with Crippen LogP contribution in [0.25, 0.3) is 0 Å². The first kappa shape index (κ1) is 19.1. The molecule has 0 amide bonds. The van der Waals surface area contributed by atoms with Crippen molar-refractivity contribution < 1.29 is 23.1 Å². The third-order valence-corrected chi connectivity index (χ3v) is 3.36. The van der Waals surface area contributed by atoms with Crippen LogP contribution in [0.1, 0.15) is 31.9 Å². The first-order valence-electron chi connectivity index (χ1n) is 6.52. The van der Waals surface area contributed by atoms with Gasteiger partial charge in [-0.15, -0.1) is 0 Å². The first-order valence-corrected chi connectivity index (χ1v) is 7.28. The van der Waals surface area contributed by atoms with E-state index in [0.717, 1.165) is 12.1 Å². The fourth-order valence-electron chi connectivity index (χ4n) is 2.03. The maximum Gasteiger partial charge on any atom is 0.407 e. The number of halogens is 5. The SMILES string of the molecule is CC(C)C[C@H](NC(c1cc(Cl)cc(Cl)c1)C(F)(F)F)C(=O)O. The number of hydrogen-bond donors (Lipinski definition) is 2. The van der Waals surface area contributed by atoms with Gasteiger partial charge in [-0.05, 0) is 36.1 Å². The first-order chi connectivity index (χ1) is 10.0. The highest BCUT2D eigenvalue weighted by atomic mass is 35.5. The molecule has 0 bridgehead atoms. The molecule has 124 valence electrons. The molecular weight excluding hydrogens is 342 g/mol. The maximum absolute atomic E-state index is 13.3. The summed E-state index contributed by atoms with van der Waals surface area (Å²) in [7, 11) is 0. The summed E-state index contributed by atoms with van der Waals surface area (Å²) in [5.41, 5.74) is -0.222. The van der Waals surface area contributed by atoms with Crippen LogP contribution in [0.5, 0.6) is 0 Å². The molecule has 0 aromatic heterocycles. The highest BCUT2D eigenvalue weighted by Crippen LogP contribution is 2.35. The second-order valence-electron chi connectivity index (χ2n) is 5.36. The lowest BCUT2D eigenvalue weighted by Gasteiger charge is -2.27. The molecule has 2 N–H and O–H groups in total. The number of nitrogens with one attached hydrogen (secondary N) is 1. The summed E-state index contributed by atoms with van der Waals surface area (Å²) in [6.07, 6.45) is -4.62. The van der Waals surface area contributed by atoms with Crippen molar-refractivity contribution in [2.24, 2.45) is 5.92 Å². The van der Waals surface area contributed by atoms with Crippen LogP contribution in [0.15, 0.2) is 18.2 Å². The average Bonchev–Trinajstić information content (AvgIpc) is 2.30. The van der Waals surface area contributed by atoms with Gasteiger partial charge in [0.2, 0.25) is 0 Å². The molecule has 0 aliphatic heterocycles. The van der Waals surface area contributed by atoms with Crippen molar-refractivity contribution in [2.45, 2.75) is 38.5 Å². The van der Waals surface area contributed by atoms with Gasteiger partial charge in [0.1, 0.15) is 12.1 Å². The molecule has 1 rings (SSSR count). The fourth-order valence-corrected chi connectivity index (χ4v) is 2.58. The Balaban J connectivity index is 3.15. The molecule has 0 saturated heterocycles. The predicted molar refractivity (Wildman–Crippen MR) is 79.3 cm³/mol. The Morgan fingerprint density at radius 1 is 1.23 bits per heavy atom. The zero-order valence-corrected chi connectivity index (χ0v) is 13.4. The zero-order chi connectivity index (χ0) is 17.1. The number of hydrogen-bond acceptors (Lipinski definition) is 2. The molecule has 0 aliphatic rings. The van der Waals surface area contributed by atoms with Gasteiger partial charge < -0.3 is 5.11 Å². The molecular formula is C14H16Cl2F3NO2. The Hall–Kier alpha value is -0.980. The maximum atomic E-state index is 13.3. The lowest BCUT2D eigenvalue weighted by Crippen LogP contribution is -2.45. The summed E-state index contributed by atoms with van der Waals surface area (Å²) in [6, 6.07) is 0.0516. The Labute approximate surface area is 136 Å². The highest BCUT2D eigenvalue weighted by Gasteiger charge is 2.43. The zero-order valence-electron chi connectivity index (χ0n) is 11.9. The number of rotatable bonds is 6. The van der Waals surface area contributed by atoms with Gasteiger partial charge in [0.25, 0.3) is 0 Å². The van der Waals surface area contributed by atoms with Gasteiger partial charge in [-0.25, -0.2) is 0 Å². The van der Waals surface area contributed by atoms with Gasteiger partial charge in [-0.1, -0.05) is 37.0 Å². The van der Waals surface area contributed by atoms with Crippen LogP contribution < -0.4 is 5.32 Å². The molecule has 0 fully saturated rings. The molecule has 2 atom stereocenters. The number of benzene rings is 1. The molecule has 0 radical (unpaired) electrons. The van der Waals surface area contributed by atoms with Crippen molar-refractivity contribution in [1.29, 1.82) is 0 Å². The van der Waals surface area contributed by atoms with Gasteiger partial charge in [0.15, 0.2) is 0 Å². The van der Waals surface area contributed by atoms with E-state index >= 15 is 0 Å². The molecule has 22 heavy (non-hydrogen) atoms. The summed E-state index contributed by atoms with van der Waals surface area (Å²) < 4.78 is 39.9. The lowest BCUT2D eigenvalue weighted by molar-refractivity contribution is -0.163. The Morgan fingerprint density at radius 2 is 1.73 bits per heavy atom. The minimum atomic E-state index is -4.68. The van der Waals surface area contributed by atoms with Crippen molar-refractivity contribution in [2.75, 3.05) is 0 Å². The predicted octanol–water partition coefficient (Wildman–Crippen LogP) is 4.69. The Morgan fingerprint density at radius 3 is 2.09 bits per heavy atom. The largest absolute Gasteiger partial charge is 0.480 e. The van der Waals surface area contributed by atoms with Crippen LogP contribution in [-0.4, -0.2) is 23.3 Å². The van der Waals surface area contributed by atoms with Crippen molar-refractivity contribution in [3.05, 3.63) is 33.8 Å². The van der Waals surface area contributed by atoms with E-state index in [1.807, 2.05) is 0 Å². The molecule has 1 unspecified atom stereocenters. The lowest BCUT2D eigenvalue weighted by atomic mass is 10.0. The molecule has 8 heteroatoms. The second kappa shape index (κ2) is 7.53. The average molecular weight is 358 g/mol. The van der Waals surface area contributed by atoms with Gasteiger partial charge in [-0.2, -0.15) is 13.2 Å². The summed E-state index contributed by atoms with van der Waals surface area (Å²) in [6.45, 7) is 3.47. The number of carboxylic acid groups (broad SMARTS) is 1. The second-order valence-corrected chi connectivity index (χ2v) is 6.24. The molecule has 1 aromatic rings. The molecule has 0 saturated carbocycles. The van der Waals surface area contributed by atoms with Gasteiger partial charge in [0.05, 0.1) is 0 Å². The van der Waals surface area contributed by atoms with Crippen LogP contribution in [0.3, 0.4) is 0 Å². The summed E-state index contributed by atoms with van der Waals surface area (Å²) in [5.74, 6) is -1.42. The number of alkyl halides is 3. The number of aliphatic carboxylic acids is 1. The molecule has 3 nitrogen and oxygen atoms in total. The van der Waals surface area contributed by atoms with Crippen LogP contribution in [0.4, 0.5) is 13.2 Å². The summed E-state index contributed by atoms with van der Waals surface area (Å²) >= 11 is 11.5. The van der Waals surface area contributed by atoms with E-state index in [9.17, 15) is 18.0 Å². The van der Waals surface area contributed by atoms with Crippen LogP contribution in [0, 0.1) is 5.92 Å². The normalized spacial score (nSPS) is 14.9. The van der Waals surface area contributed by atoms with E-state index in [0.29, 0.717) is 0 Å². The van der Waals surface area contributed by atoms with Crippen molar-refractivity contribution >= 4 is 29.2 Å². The van der Waals surface area contributed by atoms with Gasteiger partial charge in [0, 0.05) is 10.0 Å². The van der Waals surface area contributed by atoms with Gasteiger partial charge in [-0.3, -0.25) is 10.1 Å². The molecule has 0 spiro atoms. The topological polar surface area (TPSA) is 49.3 Å². The minimum absolute atomic E-state index is 0.0503. The van der Waals surface area contributed by atoms with Crippen LogP contribution >= 0.6 is 23.2 Å². The standard InChI is InChI=1S/C14H16Cl2F3NO2/c1-7(2)3-11(13(21)22)20-12(14(17,18)19)8-4-9(15)6-10(16)5-8/h4-7,11-12,20H,3H2,1-2H3,(H,21,22)/t11-,12?/m0/s1. The summed E-state index contributed by atoms with van der Waals surface area (Å²) in [4.78, 5) is 11.2. The Kier molecular flexibility index (Phi) is 6.52. The van der Waals surface area contributed by atoms with E-state index in [-0.39, 0.29) is 27.9 Å². The van der Waals surface area contributed by atoms with E-state index in [2.05, 4.69) is 5.32 Å². The van der Waals surface area contributed by atoms with Gasteiger partial charge >= 0.3 is 12.1 Å². The highest BCUT2D eigenvalue weighted by molar-refractivity contribution is 6.34. The number of carboxylic acids is 1. The van der Waals surface area contributed by atoms with Crippen molar-refractivity contribution in [3.63, 3.8) is 0 Å². The smallest absolute Gasteiger partial charge is 0.407 e. The van der Waals surface area contributed by atoms with E-state index in [1.54, 1.807) is 13.8 Å². The Bertz CT molecular complexity index is 515. The minimum Gasteiger partial charge on any atom is -0.480 e. The van der Waals surface area contributed by atoms with E-state index in [4.69, 9.17) is 28.3 Å². The molecule has 0 heterocycles. The third-order valence-electron chi connectivity index (χ3n) is 2.92. The quantitative estimate of drug-likeness (QED) is 0.776. The van der Waals surface area contributed by atoms with E-state index < -0.39 is 24.2 Å². The number of carbonyl (C=O) groups is 1. The molecule has 0 aliphatic carbocycles. The van der Waals surface area contributed by atoms with Crippen molar-refractivity contribution in [3.8, 4) is 0 Å². The fraction of sp³-hybridized carbons (Fsp3) is 0.500. The monoisotopic (exact) mass is 357 g/mol. The van der Waals surface area contributed by atoms with Crippen molar-refractivity contribution in [1.82, 2.24) is 5.32 Å². The van der Waals surface area contributed by atoms with E-state index in [1.165, 1.54) is 6.07 Å². The molecule has 1 aromatic carbocycles. The van der Waals surface area contributed by atoms with Crippen LogP contribution in [-0.2, 0) is 4.79 Å². The van der Waals surface area contributed by atoms with Crippen LogP contribution in [0.2, 0.25) is 10.0 Å².